The summed E-state index contributed by atoms with van der Waals surface area (Å²) in [5, 5.41) is 9.34. The van der Waals surface area contributed by atoms with Crippen molar-refractivity contribution < 1.29 is 28.2 Å². The predicted octanol–water partition coefficient (Wildman–Crippen LogP) is 2.28. The largest absolute Gasteiger partial charge is 0.493 e. The zero-order valence-electron chi connectivity index (χ0n) is 17.9. The Labute approximate surface area is 185 Å². The van der Waals surface area contributed by atoms with Gasteiger partial charge in [0.2, 0.25) is 6.41 Å². The number of benzene rings is 2. The molecule has 0 aliphatic carbocycles. The van der Waals surface area contributed by atoms with E-state index in [0.29, 0.717) is 31.7 Å². The van der Waals surface area contributed by atoms with Crippen LogP contribution in [0, 0.1) is 24.1 Å². The number of methoxy groups -OCH3 is 1. The van der Waals surface area contributed by atoms with E-state index in [2.05, 4.69) is 0 Å². The Hall–Kier alpha value is -3.68. The fraction of sp³-hybridized carbons (Fsp3) is 0.318. The number of nitrogen functional groups attached to an aromatic ring is 1. The van der Waals surface area contributed by atoms with Crippen molar-refractivity contribution in [2.45, 2.75) is 13.3 Å². The molecule has 0 atom stereocenters. The van der Waals surface area contributed by atoms with Crippen LogP contribution in [-0.4, -0.2) is 50.6 Å². The number of carbonyl (C=O) groups excluding carboxylic acids is 2. The van der Waals surface area contributed by atoms with Crippen molar-refractivity contribution in [2.24, 2.45) is 5.84 Å². The minimum Gasteiger partial charge on any atom is -0.493 e. The van der Waals surface area contributed by atoms with Crippen LogP contribution in [0.25, 0.3) is 0 Å². The van der Waals surface area contributed by atoms with E-state index in [-0.39, 0.29) is 35.0 Å². The van der Waals surface area contributed by atoms with E-state index in [9.17, 15) is 19.2 Å². The van der Waals surface area contributed by atoms with Crippen molar-refractivity contribution in [3.05, 3.63) is 52.8 Å². The molecule has 32 heavy (non-hydrogen) atoms. The third kappa shape index (κ3) is 6.66. The highest BCUT2D eigenvalue weighted by molar-refractivity contribution is 5.96. The number of nitriles is 1. The number of aryl methyl sites for hydroxylation is 1. The number of ether oxygens (including phenoxy) is 3. The van der Waals surface area contributed by atoms with Crippen LogP contribution in [0.15, 0.2) is 30.3 Å². The maximum Gasteiger partial charge on any atom is 0.265 e. The molecule has 0 spiro atoms. The van der Waals surface area contributed by atoms with Crippen LogP contribution < -0.4 is 20.7 Å². The lowest BCUT2D eigenvalue weighted by Crippen LogP contribution is -2.30. The van der Waals surface area contributed by atoms with Crippen LogP contribution in [0.5, 0.6) is 17.2 Å². The number of amides is 2. The summed E-state index contributed by atoms with van der Waals surface area (Å²) in [4.78, 5) is 24.4. The van der Waals surface area contributed by atoms with Crippen molar-refractivity contribution in [3.63, 3.8) is 0 Å². The predicted molar refractivity (Wildman–Crippen MR) is 114 cm³/mol. The number of rotatable bonds is 12. The highest BCUT2D eigenvalue weighted by atomic mass is 19.1. The van der Waals surface area contributed by atoms with Crippen LogP contribution in [-0.2, 0) is 9.53 Å². The molecule has 2 amide bonds. The molecule has 0 heterocycles. The number of nitrogens with two attached hydrogens (primary N) is 1. The van der Waals surface area contributed by atoms with Crippen LogP contribution in [0.1, 0.15) is 27.9 Å². The number of hydrazine groups is 1. The average molecular weight is 444 g/mol. The fourth-order valence-electron chi connectivity index (χ4n) is 2.84. The van der Waals surface area contributed by atoms with Crippen LogP contribution in [0.2, 0.25) is 0 Å². The molecule has 0 aliphatic rings. The molecule has 0 saturated heterocycles. The molecule has 0 unspecified atom stereocenters. The molecule has 0 saturated carbocycles. The SMILES string of the molecule is COCCN(C=O)CCCOc1ccc(Oc2cc(C(=O)NN)c(C)cc2C#N)c(F)c1. The van der Waals surface area contributed by atoms with Gasteiger partial charge in [-0.1, -0.05) is 0 Å². The van der Waals surface area contributed by atoms with E-state index < -0.39 is 11.7 Å². The quantitative estimate of drug-likeness (QED) is 0.169. The first-order valence-corrected chi connectivity index (χ1v) is 9.77. The van der Waals surface area contributed by atoms with Gasteiger partial charge in [-0.25, -0.2) is 10.2 Å². The first-order chi connectivity index (χ1) is 15.4. The fourth-order valence-corrected chi connectivity index (χ4v) is 2.84. The maximum atomic E-state index is 14.6. The molecular weight excluding hydrogens is 419 g/mol. The first kappa shape index (κ1) is 24.6. The molecule has 0 fully saturated rings. The molecule has 3 N–H and O–H groups in total. The molecule has 10 heteroatoms. The van der Waals surface area contributed by atoms with Gasteiger partial charge in [0.05, 0.1) is 18.8 Å². The number of hydrogen-bond donors (Lipinski definition) is 2. The Bertz CT molecular complexity index is 993. The Kier molecular flexibility index (Phi) is 9.41. The van der Waals surface area contributed by atoms with Crippen LogP contribution >= 0.6 is 0 Å². The average Bonchev–Trinajstić information content (AvgIpc) is 2.80. The van der Waals surface area contributed by atoms with Crippen molar-refractivity contribution in [1.82, 2.24) is 10.3 Å². The summed E-state index contributed by atoms with van der Waals surface area (Å²) < 4.78 is 30.6. The van der Waals surface area contributed by atoms with Gasteiger partial charge in [-0.3, -0.25) is 15.0 Å². The molecule has 2 rings (SSSR count). The Morgan fingerprint density at radius 3 is 2.66 bits per heavy atom. The molecular formula is C22H25FN4O5. The van der Waals surface area contributed by atoms with Crippen molar-refractivity contribution >= 4 is 12.3 Å². The van der Waals surface area contributed by atoms with E-state index >= 15 is 0 Å². The topological polar surface area (TPSA) is 127 Å². The number of nitrogens with one attached hydrogen (secondary N) is 1. The molecule has 2 aromatic rings. The second-order valence-electron chi connectivity index (χ2n) is 6.78. The monoisotopic (exact) mass is 444 g/mol. The first-order valence-electron chi connectivity index (χ1n) is 9.77. The van der Waals surface area contributed by atoms with E-state index in [1.165, 1.54) is 24.3 Å². The minimum atomic E-state index is -0.702. The lowest BCUT2D eigenvalue weighted by molar-refractivity contribution is -0.118. The number of nitrogens with zero attached hydrogens (tertiary/aromatic N) is 2. The van der Waals surface area contributed by atoms with Crippen LogP contribution in [0.3, 0.4) is 0 Å². The number of halogens is 1. The smallest absolute Gasteiger partial charge is 0.265 e. The van der Waals surface area contributed by atoms with Gasteiger partial charge in [0, 0.05) is 31.8 Å². The van der Waals surface area contributed by atoms with Crippen molar-refractivity contribution in [2.75, 3.05) is 33.4 Å². The van der Waals surface area contributed by atoms with Gasteiger partial charge in [-0.05, 0) is 43.2 Å². The zero-order valence-corrected chi connectivity index (χ0v) is 17.9. The Morgan fingerprint density at radius 2 is 2.03 bits per heavy atom. The third-order valence-corrected chi connectivity index (χ3v) is 4.54. The highest BCUT2D eigenvalue weighted by Crippen LogP contribution is 2.31. The van der Waals surface area contributed by atoms with E-state index in [1.807, 2.05) is 11.5 Å². The van der Waals surface area contributed by atoms with Gasteiger partial charge < -0.3 is 19.1 Å². The lowest BCUT2D eigenvalue weighted by atomic mass is 10.0. The van der Waals surface area contributed by atoms with Gasteiger partial charge in [0.25, 0.3) is 5.91 Å². The molecule has 0 bridgehead atoms. The van der Waals surface area contributed by atoms with Gasteiger partial charge in [0.15, 0.2) is 11.6 Å². The second-order valence-corrected chi connectivity index (χ2v) is 6.78. The van der Waals surface area contributed by atoms with Crippen molar-refractivity contribution in [1.29, 1.82) is 5.26 Å². The standard InChI is InChI=1S/C22H25FN4O5/c1-15-10-16(13-24)21(12-18(15)22(29)26-25)32-20-5-4-17(11-19(20)23)31-8-3-6-27(14-28)7-9-30-2/h4-5,10-12,14H,3,6-9,25H2,1-2H3,(H,26,29). The van der Waals surface area contributed by atoms with Gasteiger partial charge in [0.1, 0.15) is 17.6 Å². The molecule has 0 aromatic heterocycles. The third-order valence-electron chi connectivity index (χ3n) is 4.54. The summed E-state index contributed by atoms with van der Waals surface area (Å²) in [5.41, 5.74) is 2.89. The Morgan fingerprint density at radius 1 is 1.25 bits per heavy atom. The minimum absolute atomic E-state index is 0.0225. The van der Waals surface area contributed by atoms with Gasteiger partial charge in [-0.2, -0.15) is 5.26 Å². The summed E-state index contributed by atoms with van der Waals surface area (Å²) in [6.45, 7) is 3.34. The molecule has 2 aromatic carbocycles. The normalized spacial score (nSPS) is 10.2. The van der Waals surface area contributed by atoms with Crippen LogP contribution in [0.4, 0.5) is 4.39 Å². The number of hydrogen-bond acceptors (Lipinski definition) is 7. The molecule has 9 nitrogen and oxygen atoms in total. The lowest BCUT2D eigenvalue weighted by Gasteiger charge is -2.17. The zero-order chi connectivity index (χ0) is 23.5. The second kappa shape index (κ2) is 12.2. The molecule has 170 valence electrons. The van der Waals surface area contributed by atoms with Gasteiger partial charge in [-0.15, -0.1) is 0 Å². The number of carbonyl (C=O) groups is 2. The van der Waals surface area contributed by atoms with Gasteiger partial charge >= 0.3 is 0 Å². The Balaban J connectivity index is 2.04. The summed E-state index contributed by atoms with van der Waals surface area (Å²) in [6, 6.07) is 8.81. The summed E-state index contributed by atoms with van der Waals surface area (Å²) in [6.07, 6.45) is 1.30. The van der Waals surface area contributed by atoms with Crippen molar-refractivity contribution in [3.8, 4) is 23.3 Å². The summed E-state index contributed by atoms with van der Waals surface area (Å²) >= 11 is 0. The summed E-state index contributed by atoms with van der Waals surface area (Å²) in [5.74, 6) is 4.09. The van der Waals surface area contributed by atoms with E-state index in [4.69, 9.17) is 20.1 Å². The maximum absolute atomic E-state index is 14.6. The van der Waals surface area contributed by atoms with E-state index in [0.717, 1.165) is 12.5 Å². The molecule has 0 aliphatic heterocycles. The molecule has 0 radical (unpaired) electrons. The summed E-state index contributed by atoms with van der Waals surface area (Å²) in [7, 11) is 1.56. The highest BCUT2D eigenvalue weighted by Gasteiger charge is 2.16. The van der Waals surface area contributed by atoms with E-state index in [1.54, 1.807) is 18.9 Å².